The third kappa shape index (κ3) is 4.40. The molecule has 1 N–H and O–H groups in total. The summed E-state index contributed by atoms with van der Waals surface area (Å²) in [5, 5.41) is 3.01. The molecule has 0 aliphatic carbocycles. The second kappa shape index (κ2) is 8.64. The maximum atomic E-state index is 13.4. The largest absolute Gasteiger partial charge is 0.416 e. The van der Waals surface area contributed by atoms with Crippen molar-refractivity contribution in [2.24, 2.45) is 5.92 Å². The number of piperazine rings is 1. The molecule has 2 aromatic carbocycles. The summed E-state index contributed by atoms with van der Waals surface area (Å²) in [6.07, 6.45) is -3.41. The molecule has 1 amide bonds. The number of hydrogen-bond acceptors (Lipinski definition) is 3. The summed E-state index contributed by atoms with van der Waals surface area (Å²) >= 11 is 0. The number of carbonyl (C=O) groups is 1. The van der Waals surface area contributed by atoms with Gasteiger partial charge in [0, 0.05) is 37.1 Å². The Kier molecular flexibility index (Phi) is 6.05. The lowest BCUT2D eigenvalue weighted by Crippen LogP contribution is -2.61. The highest BCUT2D eigenvalue weighted by molar-refractivity contribution is 5.82. The van der Waals surface area contributed by atoms with Crippen LogP contribution < -0.4 is 15.1 Å². The predicted molar refractivity (Wildman–Crippen MR) is 116 cm³/mol. The van der Waals surface area contributed by atoms with Crippen molar-refractivity contribution >= 4 is 17.3 Å². The van der Waals surface area contributed by atoms with Gasteiger partial charge in [-0.25, -0.2) is 4.39 Å². The number of rotatable bonds is 4. The summed E-state index contributed by atoms with van der Waals surface area (Å²) in [4.78, 5) is 17.4. The van der Waals surface area contributed by atoms with Crippen molar-refractivity contribution in [2.45, 2.75) is 44.9 Å². The molecule has 2 aliphatic heterocycles. The molecule has 1 saturated heterocycles. The molecule has 0 radical (unpaired) electrons. The molecule has 4 nitrogen and oxygen atoms in total. The zero-order valence-corrected chi connectivity index (χ0v) is 18.1. The topological polar surface area (TPSA) is 35.6 Å². The molecule has 0 aromatic heterocycles. The minimum absolute atomic E-state index is 0.0179. The van der Waals surface area contributed by atoms with Gasteiger partial charge in [0.15, 0.2) is 0 Å². The molecular formula is C24H27F4N3O. The quantitative estimate of drug-likeness (QED) is 0.692. The molecule has 0 bridgehead atoms. The number of hydrogen-bond donors (Lipinski definition) is 1. The van der Waals surface area contributed by atoms with Crippen LogP contribution in [-0.4, -0.2) is 37.6 Å². The summed E-state index contributed by atoms with van der Waals surface area (Å²) in [6, 6.07) is 9.85. The fraction of sp³-hybridized carbons (Fsp3) is 0.458. The Hall–Kier alpha value is -2.77. The average molecular weight is 449 g/mol. The Morgan fingerprint density at radius 3 is 2.53 bits per heavy atom. The Morgan fingerprint density at radius 2 is 1.88 bits per heavy atom. The van der Waals surface area contributed by atoms with Crippen molar-refractivity contribution in [3.8, 4) is 0 Å². The normalized spacial score (nSPS) is 21.6. The summed E-state index contributed by atoms with van der Waals surface area (Å²) in [6.45, 7) is 5.61. The van der Waals surface area contributed by atoms with Gasteiger partial charge < -0.3 is 15.1 Å². The number of nitrogens with one attached hydrogen (secondary N) is 1. The van der Waals surface area contributed by atoms with Crippen molar-refractivity contribution < 1.29 is 22.4 Å². The van der Waals surface area contributed by atoms with Crippen LogP contribution in [-0.2, 0) is 17.4 Å². The fourth-order valence-electron chi connectivity index (χ4n) is 4.64. The van der Waals surface area contributed by atoms with E-state index >= 15 is 0 Å². The highest BCUT2D eigenvalue weighted by Crippen LogP contribution is 2.40. The molecule has 2 heterocycles. The van der Waals surface area contributed by atoms with Crippen LogP contribution in [0.4, 0.5) is 28.9 Å². The number of alkyl halides is 3. The molecule has 172 valence electrons. The molecule has 4 rings (SSSR count). The zero-order chi connectivity index (χ0) is 23.0. The first-order valence-electron chi connectivity index (χ1n) is 10.9. The zero-order valence-electron chi connectivity index (χ0n) is 18.1. The maximum Gasteiger partial charge on any atom is 0.416 e. The highest BCUT2D eigenvalue weighted by Gasteiger charge is 2.43. The molecule has 2 aromatic rings. The van der Waals surface area contributed by atoms with E-state index in [2.05, 4.69) is 15.1 Å². The fourth-order valence-corrected chi connectivity index (χ4v) is 4.64. The van der Waals surface area contributed by atoms with E-state index in [1.54, 1.807) is 12.1 Å². The van der Waals surface area contributed by atoms with Gasteiger partial charge in [-0.2, -0.15) is 13.2 Å². The van der Waals surface area contributed by atoms with Gasteiger partial charge >= 0.3 is 6.18 Å². The number of benzene rings is 2. The van der Waals surface area contributed by atoms with Crippen LogP contribution >= 0.6 is 0 Å². The van der Waals surface area contributed by atoms with Crippen molar-refractivity contribution in [1.82, 2.24) is 5.32 Å². The predicted octanol–water partition coefficient (Wildman–Crippen LogP) is 4.63. The van der Waals surface area contributed by atoms with Crippen LogP contribution in [0.2, 0.25) is 0 Å². The molecule has 32 heavy (non-hydrogen) atoms. The molecule has 0 spiro atoms. The van der Waals surface area contributed by atoms with Crippen molar-refractivity contribution in [2.75, 3.05) is 29.4 Å². The summed E-state index contributed by atoms with van der Waals surface area (Å²) in [7, 11) is 0. The van der Waals surface area contributed by atoms with Gasteiger partial charge in [-0.15, -0.1) is 0 Å². The summed E-state index contributed by atoms with van der Waals surface area (Å²) in [5.74, 6) is -0.938. The first-order chi connectivity index (χ1) is 15.2. The van der Waals surface area contributed by atoms with Gasteiger partial charge in [-0.3, -0.25) is 4.79 Å². The molecule has 1 fully saturated rings. The Bertz CT molecular complexity index is 976. The number of fused-ring (bicyclic) bond motifs is 3. The minimum Gasteiger partial charge on any atom is -0.368 e. The number of anilines is 2. The second-order valence-electron chi connectivity index (χ2n) is 8.65. The van der Waals surface area contributed by atoms with E-state index in [4.69, 9.17) is 0 Å². The Labute approximate surface area is 185 Å². The number of nitrogens with zero attached hydrogens (tertiary/aromatic N) is 2. The lowest BCUT2D eigenvalue weighted by Gasteiger charge is -2.50. The summed E-state index contributed by atoms with van der Waals surface area (Å²) in [5.41, 5.74) is 1.48. The van der Waals surface area contributed by atoms with Gasteiger partial charge in [0.2, 0.25) is 5.91 Å². The van der Waals surface area contributed by atoms with Gasteiger partial charge in [-0.1, -0.05) is 6.92 Å². The van der Waals surface area contributed by atoms with E-state index in [0.29, 0.717) is 25.2 Å². The molecule has 0 saturated carbocycles. The SMILES string of the molecule is CC[C@H](C)NC(=O)[C@H]1Cc2cc(C(F)(F)F)ccc2N2CCN(c3ccc(F)cc3)C[C@H]12. The van der Waals surface area contributed by atoms with E-state index in [-0.39, 0.29) is 30.2 Å². The van der Waals surface area contributed by atoms with Gasteiger partial charge in [-0.05, 0) is 67.8 Å². The minimum atomic E-state index is -4.43. The molecule has 3 atom stereocenters. The molecule has 2 aliphatic rings. The van der Waals surface area contributed by atoms with Crippen molar-refractivity contribution in [1.29, 1.82) is 0 Å². The van der Waals surface area contributed by atoms with Crippen molar-refractivity contribution in [3.05, 3.63) is 59.4 Å². The molecule has 0 unspecified atom stereocenters. The highest BCUT2D eigenvalue weighted by atomic mass is 19.4. The van der Waals surface area contributed by atoms with Crippen LogP contribution in [0.3, 0.4) is 0 Å². The second-order valence-corrected chi connectivity index (χ2v) is 8.65. The first kappa shape index (κ1) is 22.4. The van der Waals surface area contributed by atoms with Gasteiger partial charge in [0.25, 0.3) is 0 Å². The smallest absolute Gasteiger partial charge is 0.368 e. The Morgan fingerprint density at radius 1 is 1.16 bits per heavy atom. The van der Waals surface area contributed by atoms with E-state index in [1.165, 1.54) is 24.3 Å². The van der Waals surface area contributed by atoms with Gasteiger partial charge in [0.1, 0.15) is 5.82 Å². The standard InChI is InChI=1S/C24H27F4N3O/c1-3-15(2)29-23(32)20-13-16-12-17(24(26,27)28)4-9-21(16)31-11-10-30(14-22(20)31)19-7-5-18(25)6-8-19/h4-9,12,15,20,22H,3,10-11,13-14H2,1-2H3,(H,29,32)/t15-,20-,22+/m0/s1. The van der Waals surface area contributed by atoms with Crippen LogP contribution in [0.5, 0.6) is 0 Å². The van der Waals surface area contributed by atoms with Crippen molar-refractivity contribution in [3.63, 3.8) is 0 Å². The number of carbonyl (C=O) groups excluding carboxylic acids is 1. The van der Waals surface area contributed by atoms with Crippen LogP contribution in [0, 0.1) is 11.7 Å². The lowest BCUT2D eigenvalue weighted by molar-refractivity contribution is -0.137. The number of amides is 1. The lowest BCUT2D eigenvalue weighted by atomic mass is 9.82. The third-order valence-corrected chi connectivity index (χ3v) is 6.57. The van der Waals surface area contributed by atoms with E-state index < -0.39 is 17.7 Å². The maximum absolute atomic E-state index is 13.4. The van der Waals surface area contributed by atoms with Gasteiger partial charge in [0.05, 0.1) is 17.5 Å². The van der Waals surface area contributed by atoms with E-state index in [9.17, 15) is 22.4 Å². The van der Waals surface area contributed by atoms with Crippen LogP contribution in [0.25, 0.3) is 0 Å². The van der Waals surface area contributed by atoms with Crippen LogP contribution in [0.1, 0.15) is 31.4 Å². The summed E-state index contributed by atoms with van der Waals surface area (Å²) < 4.78 is 53.3. The Balaban J connectivity index is 1.67. The monoisotopic (exact) mass is 449 g/mol. The molecule has 8 heteroatoms. The first-order valence-corrected chi connectivity index (χ1v) is 10.9. The van der Waals surface area contributed by atoms with E-state index in [1.807, 2.05) is 13.8 Å². The average Bonchev–Trinajstić information content (AvgIpc) is 2.77. The van der Waals surface area contributed by atoms with Crippen LogP contribution in [0.15, 0.2) is 42.5 Å². The number of halogens is 4. The third-order valence-electron chi connectivity index (χ3n) is 6.57. The van der Waals surface area contributed by atoms with E-state index in [0.717, 1.165) is 23.9 Å². The molecular weight excluding hydrogens is 422 g/mol.